The van der Waals surface area contributed by atoms with Crippen molar-refractivity contribution in [3.05, 3.63) is 53.1 Å². The van der Waals surface area contributed by atoms with Gasteiger partial charge < -0.3 is 29.5 Å². The molecule has 0 fully saturated rings. The lowest BCUT2D eigenvalue weighted by molar-refractivity contribution is -0.135. The molecule has 0 saturated heterocycles. The molecule has 1 unspecified atom stereocenters. The molecular weight excluding hydrogens is 388 g/mol. The van der Waals surface area contributed by atoms with Gasteiger partial charge in [-0.3, -0.25) is 9.59 Å². The van der Waals surface area contributed by atoms with Crippen LogP contribution in [0.25, 0.3) is 0 Å². The molecule has 30 heavy (non-hydrogen) atoms. The van der Waals surface area contributed by atoms with Crippen LogP contribution in [0.3, 0.4) is 0 Å². The Morgan fingerprint density at radius 1 is 1.07 bits per heavy atom. The predicted molar refractivity (Wildman–Crippen MR) is 110 cm³/mol. The second kappa shape index (κ2) is 9.49. The van der Waals surface area contributed by atoms with Gasteiger partial charge in [0.05, 0.1) is 27.9 Å². The highest BCUT2D eigenvalue weighted by Crippen LogP contribution is 2.38. The lowest BCUT2D eigenvalue weighted by Crippen LogP contribution is -2.51. The van der Waals surface area contributed by atoms with E-state index >= 15 is 0 Å². The molecule has 160 valence electrons. The molecule has 8 nitrogen and oxygen atoms in total. The van der Waals surface area contributed by atoms with Gasteiger partial charge in [0.1, 0.15) is 6.04 Å². The number of benzene rings is 2. The molecule has 0 spiro atoms. The van der Waals surface area contributed by atoms with Gasteiger partial charge in [-0.25, -0.2) is 0 Å². The molecular formula is C22H26N2O6. The van der Waals surface area contributed by atoms with Crippen molar-refractivity contribution in [1.29, 1.82) is 0 Å². The zero-order valence-corrected chi connectivity index (χ0v) is 17.3. The Kier molecular flexibility index (Phi) is 6.79. The standard InChI is InChI=1S/C22H26N2O6/c1-28-18-10-16(11-19(29-2)20(18)30-3)21(26)23-17(13-25)22(27)24-9-8-14-6-4-5-7-15(14)12-24/h4-7,10-11,17,25H,8-9,12-13H2,1-3H3,(H,23,26). The van der Waals surface area contributed by atoms with Crippen molar-refractivity contribution in [3.8, 4) is 17.2 Å². The largest absolute Gasteiger partial charge is 0.493 e. The molecule has 2 aromatic rings. The fraction of sp³-hybridized carbons (Fsp3) is 0.364. The van der Waals surface area contributed by atoms with Gasteiger partial charge in [-0.05, 0) is 29.7 Å². The maximum absolute atomic E-state index is 12.9. The van der Waals surface area contributed by atoms with Gasteiger partial charge in [-0.1, -0.05) is 24.3 Å². The monoisotopic (exact) mass is 414 g/mol. The summed E-state index contributed by atoms with van der Waals surface area (Å²) in [6, 6.07) is 9.87. The number of hydrogen-bond donors (Lipinski definition) is 2. The van der Waals surface area contributed by atoms with Crippen LogP contribution in [0.1, 0.15) is 21.5 Å². The summed E-state index contributed by atoms with van der Waals surface area (Å²) in [5.74, 6) is 0.146. The first-order chi connectivity index (χ1) is 14.5. The zero-order valence-electron chi connectivity index (χ0n) is 17.3. The summed E-state index contributed by atoms with van der Waals surface area (Å²) in [5.41, 5.74) is 2.51. The van der Waals surface area contributed by atoms with E-state index in [0.29, 0.717) is 30.3 Å². The molecule has 1 atom stereocenters. The van der Waals surface area contributed by atoms with E-state index in [4.69, 9.17) is 14.2 Å². The van der Waals surface area contributed by atoms with Crippen LogP contribution in [-0.2, 0) is 17.8 Å². The van der Waals surface area contributed by atoms with Gasteiger partial charge in [0.25, 0.3) is 5.91 Å². The summed E-state index contributed by atoms with van der Waals surface area (Å²) in [4.78, 5) is 27.4. The van der Waals surface area contributed by atoms with E-state index in [-0.39, 0.29) is 11.5 Å². The third-order valence-electron chi connectivity index (χ3n) is 5.16. The molecule has 1 heterocycles. The van der Waals surface area contributed by atoms with Gasteiger partial charge in [0.2, 0.25) is 11.7 Å². The van der Waals surface area contributed by atoms with E-state index in [0.717, 1.165) is 12.0 Å². The zero-order chi connectivity index (χ0) is 21.7. The quantitative estimate of drug-likeness (QED) is 0.711. The number of carbonyl (C=O) groups excluding carboxylic acids is 2. The fourth-order valence-corrected chi connectivity index (χ4v) is 3.54. The number of carbonyl (C=O) groups is 2. The first kappa shape index (κ1) is 21.4. The molecule has 0 aromatic heterocycles. The Labute approximate surface area is 175 Å². The minimum absolute atomic E-state index is 0.222. The molecule has 1 aliphatic heterocycles. The summed E-state index contributed by atoms with van der Waals surface area (Å²) in [5, 5.41) is 12.4. The number of rotatable bonds is 7. The first-order valence-corrected chi connectivity index (χ1v) is 9.59. The average Bonchev–Trinajstić information content (AvgIpc) is 2.80. The summed E-state index contributed by atoms with van der Waals surface area (Å²) in [7, 11) is 4.37. The number of aliphatic hydroxyl groups excluding tert-OH is 1. The molecule has 0 aliphatic carbocycles. The number of hydrogen-bond acceptors (Lipinski definition) is 6. The Morgan fingerprint density at radius 3 is 2.27 bits per heavy atom. The van der Waals surface area contributed by atoms with Crippen molar-refractivity contribution in [2.45, 2.75) is 19.0 Å². The Hall–Kier alpha value is -3.26. The molecule has 8 heteroatoms. The normalized spacial score (nSPS) is 13.8. The van der Waals surface area contributed by atoms with Crippen LogP contribution in [-0.4, -0.2) is 62.3 Å². The Bertz CT molecular complexity index is 905. The predicted octanol–water partition coefficient (Wildman–Crippen LogP) is 1.39. The lowest BCUT2D eigenvalue weighted by Gasteiger charge is -2.31. The van der Waals surface area contributed by atoms with Gasteiger partial charge in [-0.15, -0.1) is 0 Å². The van der Waals surface area contributed by atoms with E-state index < -0.39 is 18.6 Å². The average molecular weight is 414 g/mol. The van der Waals surface area contributed by atoms with Gasteiger partial charge >= 0.3 is 0 Å². The second-order valence-corrected chi connectivity index (χ2v) is 6.90. The van der Waals surface area contributed by atoms with Gasteiger partial charge in [-0.2, -0.15) is 0 Å². The topological polar surface area (TPSA) is 97.3 Å². The van der Waals surface area contributed by atoms with Crippen molar-refractivity contribution in [1.82, 2.24) is 10.2 Å². The van der Waals surface area contributed by atoms with Crippen molar-refractivity contribution in [2.75, 3.05) is 34.5 Å². The molecule has 0 radical (unpaired) electrons. The highest BCUT2D eigenvalue weighted by Gasteiger charge is 2.29. The number of methoxy groups -OCH3 is 3. The van der Waals surface area contributed by atoms with Crippen molar-refractivity contribution >= 4 is 11.8 Å². The number of fused-ring (bicyclic) bond motifs is 1. The van der Waals surface area contributed by atoms with Crippen LogP contribution >= 0.6 is 0 Å². The summed E-state index contributed by atoms with van der Waals surface area (Å²) < 4.78 is 15.8. The Morgan fingerprint density at radius 2 is 1.70 bits per heavy atom. The number of ether oxygens (including phenoxy) is 3. The molecule has 3 rings (SSSR count). The Balaban J connectivity index is 1.76. The number of amides is 2. The maximum Gasteiger partial charge on any atom is 0.252 e. The summed E-state index contributed by atoms with van der Waals surface area (Å²) >= 11 is 0. The number of nitrogens with zero attached hydrogens (tertiary/aromatic N) is 1. The molecule has 2 aromatic carbocycles. The van der Waals surface area contributed by atoms with Crippen molar-refractivity contribution in [2.24, 2.45) is 0 Å². The fourth-order valence-electron chi connectivity index (χ4n) is 3.54. The lowest BCUT2D eigenvalue weighted by atomic mass is 9.99. The van der Waals surface area contributed by atoms with Crippen LogP contribution in [0.2, 0.25) is 0 Å². The first-order valence-electron chi connectivity index (χ1n) is 9.59. The van der Waals surface area contributed by atoms with E-state index in [1.54, 1.807) is 4.90 Å². The van der Waals surface area contributed by atoms with Crippen LogP contribution in [0.15, 0.2) is 36.4 Å². The second-order valence-electron chi connectivity index (χ2n) is 6.90. The smallest absolute Gasteiger partial charge is 0.252 e. The highest BCUT2D eigenvalue weighted by atomic mass is 16.5. The third kappa shape index (κ3) is 4.33. The highest BCUT2D eigenvalue weighted by molar-refractivity contribution is 5.98. The van der Waals surface area contributed by atoms with Gasteiger partial charge in [0, 0.05) is 18.7 Å². The molecule has 2 N–H and O–H groups in total. The van der Waals surface area contributed by atoms with E-state index in [1.807, 2.05) is 24.3 Å². The SMILES string of the molecule is COc1cc(C(=O)NC(CO)C(=O)N2CCc3ccccc3C2)cc(OC)c1OC. The van der Waals surface area contributed by atoms with Crippen LogP contribution in [0.5, 0.6) is 17.2 Å². The van der Waals surface area contributed by atoms with Crippen LogP contribution in [0.4, 0.5) is 0 Å². The van der Waals surface area contributed by atoms with Crippen LogP contribution < -0.4 is 19.5 Å². The van der Waals surface area contributed by atoms with Crippen molar-refractivity contribution in [3.63, 3.8) is 0 Å². The minimum Gasteiger partial charge on any atom is -0.493 e. The minimum atomic E-state index is -1.05. The summed E-state index contributed by atoms with van der Waals surface area (Å²) in [6.07, 6.45) is 0.737. The molecule has 0 bridgehead atoms. The maximum atomic E-state index is 12.9. The summed E-state index contributed by atoms with van der Waals surface area (Å²) in [6.45, 7) is 0.477. The van der Waals surface area contributed by atoms with Crippen molar-refractivity contribution < 1.29 is 28.9 Å². The number of nitrogens with one attached hydrogen (secondary N) is 1. The number of aliphatic hydroxyl groups is 1. The van der Waals surface area contributed by atoms with Crippen LogP contribution in [0, 0.1) is 0 Å². The third-order valence-corrected chi connectivity index (χ3v) is 5.16. The molecule has 0 saturated carbocycles. The van der Waals surface area contributed by atoms with E-state index in [9.17, 15) is 14.7 Å². The molecule has 1 aliphatic rings. The molecule has 2 amide bonds. The van der Waals surface area contributed by atoms with E-state index in [1.165, 1.54) is 39.0 Å². The van der Waals surface area contributed by atoms with Gasteiger partial charge in [0.15, 0.2) is 11.5 Å². The van der Waals surface area contributed by atoms with E-state index in [2.05, 4.69) is 5.32 Å².